The summed E-state index contributed by atoms with van der Waals surface area (Å²) in [6, 6.07) is 3.45. The molecular formula is C16H27N5O. The van der Waals surface area contributed by atoms with Crippen LogP contribution < -0.4 is 10.6 Å². The molecule has 2 heterocycles. The van der Waals surface area contributed by atoms with Crippen molar-refractivity contribution in [1.82, 2.24) is 20.1 Å². The van der Waals surface area contributed by atoms with Crippen molar-refractivity contribution in [3.63, 3.8) is 0 Å². The van der Waals surface area contributed by atoms with Gasteiger partial charge in [0.15, 0.2) is 0 Å². The molecule has 22 heavy (non-hydrogen) atoms. The van der Waals surface area contributed by atoms with Gasteiger partial charge >= 0.3 is 6.03 Å². The SMILES string of the molecule is CCN1CCN(CC(C)CNC(=O)Nc2cccnc2)CC1. The van der Waals surface area contributed by atoms with Gasteiger partial charge in [-0.3, -0.25) is 4.98 Å². The van der Waals surface area contributed by atoms with E-state index in [2.05, 4.69) is 39.3 Å². The smallest absolute Gasteiger partial charge is 0.319 e. The number of pyridine rings is 1. The topological polar surface area (TPSA) is 60.5 Å². The van der Waals surface area contributed by atoms with Crippen molar-refractivity contribution >= 4 is 11.7 Å². The van der Waals surface area contributed by atoms with Crippen LogP contribution in [0.5, 0.6) is 0 Å². The molecule has 0 radical (unpaired) electrons. The van der Waals surface area contributed by atoms with E-state index in [4.69, 9.17) is 0 Å². The second-order valence-corrected chi connectivity index (χ2v) is 5.92. The molecular weight excluding hydrogens is 278 g/mol. The number of urea groups is 1. The van der Waals surface area contributed by atoms with E-state index in [9.17, 15) is 4.79 Å². The average Bonchev–Trinajstić information content (AvgIpc) is 2.55. The first kappa shape index (κ1) is 16.7. The Bertz CT molecular complexity index is 445. The van der Waals surface area contributed by atoms with Gasteiger partial charge in [-0.1, -0.05) is 13.8 Å². The number of aromatic nitrogens is 1. The van der Waals surface area contributed by atoms with Crippen molar-refractivity contribution in [3.05, 3.63) is 24.5 Å². The first-order valence-electron chi connectivity index (χ1n) is 8.07. The monoisotopic (exact) mass is 305 g/mol. The van der Waals surface area contributed by atoms with Gasteiger partial charge in [0.05, 0.1) is 11.9 Å². The van der Waals surface area contributed by atoms with Crippen LogP contribution >= 0.6 is 0 Å². The van der Waals surface area contributed by atoms with Crippen LogP contribution in [-0.2, 0) is 0 Å². The van der Waals surface area contributed by atoms with Crippen molar-refractivity contribution in [2.45, 2.75) is 13.8 Å². The van der Waals surface area contributed by atoms with Crippen LogP contribution in [0.25, 0.3) is 0 Å². The third-order valence-electron chi connectivity index (χ3n) is 4.01. The summed E-state index contributed by atoms with van der Waals surface area (Å²) in [5, 5.41) is 5.71. The number of carbonyl (C=O) groups excluding carboxylic acids is 1. The normalized spacial score (nSPS) is 17.9. The van der Waals surface area contributed by atoms with Gasteiger partial charge in [-0.15, -0.1) is 0 Å². The Labute approximate surface area is 132 Å². The van der Waals surface area contributed by atoms with Crippen molar-refractivity contribution in [2.75, 3.05) is 51.1 Å². The maximum absolute atomic E-state index is 11.8. The lowest BCUT2D eigenvalue weighted by Crippen LogP contribution is -2.48. The Kier molecular flexibility index (Phi) is 6.61. The summed E-state index contributed by atoms with van der Waals surface area (Å²) >= 11 is 0. The number of piperazine rings is 1. The lowest BCUT2D eigenvalue weighted by Gasteiger charge is -2.35. The van der Waals surface area contributed by atoms with E-state index < -0.39 is 0 Å². The van der Waals surface area contributed by atoms with Gasteiger partial charge in [-0.05, 0) is 24.6 Å². The summed E-state index contributed by atoms with van der Waals surface area (Å²) in [4.78, 5) is 20.7. The third kappa shape index (κ3) is 5.61. The Morgan fingerprint density at radius 1 is 1.32 bits per heavy atom. The summed E-state index contributed by atoms with van der Waals surface area (Å²) in [5.41, 5.74) is 0.711. The van der Waals surface area contributed by atoms with Gasteiger partial charge in [-0.25, -0.2) is 4.79 Å². The Balaban J connectivity index is 1.63. The molecule has 1 aliphatic rings. The molecule has 0 spiro atoms. The molecule has 1 aromatic rings. The van der Waals surface area contributed by atoms with Crippen LogP contribution in [0.4, 0.5) is 10.5 Å². The number of likely N-dealkylation sites (N-methyl/N-ethyl adjacent to an activating group) is 1. The van der Waals surface area contributed by atoms with Crippen molar-refractivity contribution < 1.29 is 4.79 Å². The summed E-state index contributed by atoms with van der Waals surface area (Å²) in [6.45, 7) is 11.8. The van der Waals surface area contributed by atoms with E-state index >= 15 is 0 Å². The molecule has 2 N–H and O–H groups in total. The van der Waals surface area contributed by atoms with E-state index in [1.807, 2.05) is 6.07 Å². The predicted molar refractivity (Wildman–Crippen MR) is 89.0 cm³/mol. The van der Waals surface area contributed by atoms with Crippen LogP contribution in [-0.4, -0.2) is 66.6 Å². The molecule has 122 valence electrons. The maximum atomic E-state index is 11.8. The highest BCUT2D eigenvalue weighted by molar-refractivity contribution is 5.88. The molecule has 1 atom stereocenters. The van der Waals surface area contributed by atoms with Crippen molar-refractivity contribution in [2.24, 2.45) is 5.92 Å². The van der Waals surface area contributed by atoms with Crippen LogP contribution in [0.3, 0.4) is 0 Å². The fourth-order valence-corrected chi connectivity index (χ4v) is 2.67. The molecule has 1 fully saturated rings. The number of carbonyl (C=O) groups is 1. The molecule has 1 aromatic heterocycles. The molecule has 6 heteroatoms. The van der Waals surface area contributed by atoms with Gasteiger partial charge < -0.3 is 20.4 Å². The molecule has 0 bridgehead atoms. The molecule has 0 aromatic carbocycles. The highest BCUT2D eigenvalue weighted by Gasteiger charge is 2.17. The zero-order valence-corrected chi connectivity index (χ0v) is 13.6. The Morgan fingerprint density at radius 3 is 2.68 bits per heavy atom. The van der Waals surface area contributed by atoms with E-state index in [0.29, 0.717) is 18.2 Å². The fourth-order valence-electron chi connectivity index (χ4n) is 2.67. The number of hydrogen-bond donors (Lipinski definition) is 2. The molecule has 2 amide bonds. The number of amides is 2. The van der Waals surface area contributed by atoms with Crippen LogP contribution in [0.1, 0.15) is 13.8 Å². The minimum atomic E-state index is -0.171. The summed E-state index contributed by atoms with van der Waals surface area (Å²) in [6.07, 6.45) is 3.32. The predicted octanol–water partition coefficient (Wildman–Crippen LogP) is 1.48. The molecule has 0 saturated carbocycles. The standard InChI is InChI=1S/C16H27N5O/c1-3-20-7-9-21(10-8-20)13-14(2)11-18-16(22)19-15-5-4-6-17-12-15/h4-6,12,14H,3,7-11,13H2,1-2H3,(H2,18,19,22). The first-order valence-corrected chi connectivity index (χ1v) is 8.07. The van der Waals surface area contributed by atoms with Gasteiger partial charge in [-0.2, -0.15) is 0 Å². The molecule has 1 unspecified atom stereocenters. The van der Waals surface area contributed by atoms with Gasteiger partial charge in [0.1, 0.15) is 0 Å². The molecule has 6 nitrogen and oxygen atoms in total. The summed E-state index contributed by atoms with van der Waals surface area (Å²) in [7, 11) is 0. The number of anilines is 1. The van der Waals surface area contributed by atoms with E-state index in [1.165, 1.54) is 0 Å². The van der Waals surface area contributed by atoms with Gasteiger partial charge in [0.2, 0.25) is 0 Å². The minimum absolute atomic E-state index is 0.171. The highest BCUT2D eigenvalue weighted by atomic mass is 16.2. The van der Waals surface area contributed by atoms with E-state index in [0.717, 1.165) is 39.3 Å². The summed E-state index contributed by atoms with van der Waals surface area (Å²) < 4.78 is 0. The van der Waals surface area contributed by atoms with E-state index in [-0.39, 0.29) is 6.03 Å². The van der Waals surface area contributed by atoms with Crippen molar-refractivity contribution in [1.29, 1.82) is 0 Å². The second kappa shape index (κ2) is 8.70. The van der Waals surface area contributed by atoms with Crippen LogP contribution in [0.15, 0.2) is 24.5 Å². The lowest BCUT2D eigenvalue weighted by atomic mass is 10.1. The van der Waals surface area contributed by atoms with Gasteiger partial charge in [0.25, 0.3) is 0 Å². The number of nitrogens with one attached hydrogen (secondary N) is 2. The third-order valence-corrected chi connectivity index (χ3v) is 4.01. The number of nitrogens with zero attached hydrogens (tertiary/aromatic N) is 3. The quantitative estimate of drug-likeness (QED) is 0.836. The highest BCUT2D eigenvalue weighted by Crippen LogP contribution is 2.05. The maximum Gasteiger partial charge on any atom is 0.319 e. The van der Waals surface area contributed by atoms with Crippen LogP contribution in [0.2, 0.25) is 0 Å². The lowest BCUT2D eigenvalue weighted by molar-refractivity contribution is 0.124. The zero-order chi connectivity index (χ0) is 15.8. The first-order chi connectivity index (χ1) is 10.7. The molecule has 1 saturated heterocycles. The zero-order valence-electron chi connectivity index (χ0n) is 13.6. The van der Waals surface area contributed by atoms with Crippen LogP contribution in [0, 0.1) is 5.92 Å². The second-order valence-electron chi connectivity index (χ2n) is 5.92. The largest absolute Gasteiger partial charge is 0.338 e. The fraction of sp³-hybridized carbons (Fsp3) is 0.625. The Hall–Kier alpha value is -1.66. The molecule has 0 aliphatic carbocycles. The van der Waals surface area contributed by atoms with Gasteiger partial charge in [0, 0.05) is 45.5 Å². The summed E-state index contributed by atoms with van der Waals surface area (Å²) in [5.74, 6) is 0.438. The number of hydrogen-bond acceptors (Lipinski definition) is 4. The van der Waals surface area contributed by atoms with Crippen molar-refractivity contribution in [3.8, 4) is 0 Å². The number of rotatable bonds is 6. The minimum Gasteiger partial charge on any atom is -0.338 e. The van der Waals surface area contributed by atoms with E-state index in [1.54, 1.807) is 18.5 Å². The molecule has 1 aliphatic heterocycles. The average molecular weight is 305 g/mol. The Morgan fingerprint density at radius 2 is 2.05 bits per heavy atom. The molecule has 2 rings (SSSR count).